The normalized spacial score (nSPS) is 10.6. The molecule has 2 aromatic rings. The number of quaternary nitrogens is 1. The third-order valence-corrected chi connectivity index (χ3v) is 3.56. The number of hydrazine groups is 1. The molecule has 122 valence electrons. The van der Waals surface area contributed by atoms with E-state index in [2.05, 4.69) is 16.2 Å². The lowest BCUT2D eigenvalue weighted by Gasteiger charge is -2.13. The van der Waals surface area contributed by atoms with E-state index in [1.807, 2.05) is 38.4 Å². The summed E-state index contributed by atoms with van der Waals surface area (Å²) in [5.41, 5.74) is 5.30. The van der Waals surface area contributed by atoms with E-state index < -0.39 is 5.91 Å². The molecule has 0 aliphatic heterocycles. The van der Waals surface area contributed by atoms with Crippen LogP contribution in [0.15, 0.2) is 36.4 Å². The Kier molecular flexibility index (Phi) is 5.72. The Balaban J connectivity index is 1.95. The lowest BCUT2D eigenvalue weighted by molar-refractivity contribution is -0.856. The first kappa shape index (κ1) is 17.0. The zero-order valence-electron chi connectivity index (χ0n) is 13.1. The molecule has 0 atom stereocenters. The molecule has 0 aromatic heterocycles. The summed E-state index contributed by atoms with van der Waals surface area (Å²) in [5.74, 6) is -0.520. The van der Waals surface area contributed by atoms with Crippen LogP contribution in [-0.4, -0.2) is 43.3 Å². The summed E-state index contributed by atoms with van der Waals surface area (Å²) < 4.78 is 0. The number of likely N-dealkylation sites (N-methyl/N-ethyl adjacent to an activating group) is 1. The van der Waals surface area contributed by atoms with Gasteiger partial charge >= 0.3 is 0 Å². The number of thiocarbonyl (C=S) groups is 1. The van der Waals surface area contributed by atoms with Crippen molar-refractivity contribution < 1.29 is 14.8 Å². The van der Waals surface area contributed by atoms with E-state index in [0.29, 0.717) is 11.7 Å². The van der Waals surface area contributed by atoms with Crippen molar-refractivity contribution in [2.75, 3.05) is 27.2 Å². The Labute approximate surface area is 140 Å². The van der Waals surface area contributed by atoms with Crippen LogP contribution < -0.4 is 21.1 Å². The molecule has 0 spiro atoms. The number of rotatable bonds is 4. The van der Waals surface area contributed by atoms with Crippen LogP contribution >= 0.6 is 12.2 Å². The molecule has 0 saturated carbocycles. The van der Waals surface area contributed by atoms with Crippen molar-refractivity contribution in [1.82, 2.24) is 16.2 Å². The second-order valence-electron chi connectivity index (χ2n) is 5.51. The highest BCUT2D eigenvalue weighted by molar-refractivity contribution is 7.80. The smallest absolute Gasteiger partial charge is 0.273 e. The van der Waals surface area contributed by atoms with Gasteiger partial charge in [-0.1, -0.05) is 24.3 Å². The van der Waals surface area contributed by atoms with Gasteiger partial charge in [-0.2, -0.15) is 0 Å². The van der Waals surface area contributed by atoms with Crippen molar-refractivity contribution >= 4 is 34.0 Å². The molecule has 0 fully saturated rings. The van der Waals surface area contributed by atoms with Gasteiger partial charge in [0.2, 0.25) is 0 Å². The molecule has 0 aliphatic rings. The van der Waals surface area contributed by atoms with Gasteiger partial charge in [0.1, 0.15) is 5.75 Å². The van der Waals surface area contributed by atoms with Crippen molar-refractivity contribution in [3.8, 4) is 5.75 Å². The summed E-state index contributed by atoms with van der Waals surface area (Å²) in [4.78, 5) is 13.5. The molecule has 0 heterocycles. The molecule has 0 bridgehead atoms. The fourth-order valence-electron chi connectivity index (χ4n) is 2.06. The van der Waals surface area contributed by atoms with Crippen molar-refractivity contribution in [1.29, 1.82) is 0 Å². The van der Waals surface area contributed by atoms with Gasteiger partial charge in [0.05, 0.1) is 32.7 Å². The summed E-state index contributed by atoms with van der Waals surface area (Å²) in [7, 11) is 4.09. The van der Waals surface area contributed by atoms with Crippen LogP contribution in [0.3, 0.4) is 0 Å². The van der Waals surface area contributed by atoms with Gasteiger partial charge in [-0.15, -0.1) is 0 Å². The van der Waals surface area contributed by atoms with Crippen LogP contribution in [0.2, 0.25) is 0 Å². The van der Waals surface area contributed by atoms with Gasteiger partial charge < -0.3 is 15.3 Å². The standard InChI is InChI=1S/C16H20N4O2S/c1-20(2)8-7-17-16(23)19-18-15(22)13-9-11-5-3-4-6-12(11)10-14(13)21/h3-6,9-10,21H,7-8H2,1-2H3,(H,18,22)(H2,17,19,23)/p+1. The summed E-state index contributed by atoms with van der Waals surface area (Å²) in [5, 5.41) is 15.1. The number of fused-ring (bicyclic) bond motifs is 1. The first-order valence-electron chi connectivity index (χ1n) is 7.32. The van der Waals surface area contributed by atoms with E-state index in [0.717, 1.165) is 17.3 Å². The molecule has 2 aromatic carbocycles. The maximum Gasteiger partial charge on any atom is 0.273 e. The van der Waals surface area contributed by atoms with Crippen LogP contribution in [0.25, 0.3) is 10.8 Å². The number of nitrogens with one attached hydrogen (secondary N) is 4. The fraction of sp³-hybridized carbons (Fsp3) is 0.250. The molecule has 0 aliphatic carbocycles. The summed E-state index contributed by atoms with van der Waals surface area (Å²) >= 11 is 5.08. The second-order valence-corrected chi connectivity index (χ2v) is 5.92. The van der Waals surface area contributed by atoms with E-state index in [-0.39, 0.29) is 11.3 Å². The molecule has 6 nitrogen and oxygen atoms in total. The Morgan fingerprint density at radius 2 is 1.83 bits per heavy atom. The van der Waals surface area contributed by atoms with Crippen molar-refractivity contribution in [3.63, 3.8) is 0 Å². The molecule has 0 saturated heterocycles. The molecule has 0 unspecified atom stereocenters. The summed E-state index contributed by atoms with van der Waals surface area (Å²) in [6, 6.07) is 10.7. The number of amides is 1. The fourth-order valence-corrected chi connectivity index (χ4v) is 2.21. The van der Waals surface area contributed by atoms with Crippen LogP contribution in [0, 0.1) is 0 Å². The molecular formula is C16H21N4O2S+. The van der Waals surface area contributed by atoms with Crippen molar-refractivity contribution in [2.45, 2.75) is 0 Å². The number of aromatic hydroxyl groups is 1. The molecule has 2 rings (SSSR count). The number of carbonyl (C=O) groups is 1. The minimum absolute atomic E-state index is 0.0712. The molecular weight excluding hydrogens is 312 g/mol. The highest BCUT2D eigenvalue weighted by Gasteiger charge is 2.12. The number of carbonyl (C=O) groups excluding carboxylic acids is 1. The highest BCUT2D eigenvalue weighted by Crippen LogP contribution is 2.24. The third kappa shape index (κ3) is 4.80. The van der Waals surface area contributed by atoms with Crippen molar-refractivity contribution in [3.05, 3.63) is 42.0 Å². The van der Waals surface area contributed by atoms with Gasteiger partial charge in [-0.25, -0.2) is 0 Å². The largest absolute Gasteiger partial charge is 0.507 e. The van der Waals surface area contributed by atoms with E-state index in [4.69, 9.17) is 12.2 Å². The predicted molar refractivity (Wildman–Crippen MR) is 94.5 cm³/mol. The maximum absolute atomic E-state index is 12.2. The molecule has 23 heavy (non-hydrogen) atoms. The van der Waals surface area contributed by atoms with E-state index >= 15 is 0 Å². The molecule has 7 heteroatoms. The quantitative estimate of drug-likeness (QED) is 0.396. The average Bonchev–Trinajstić information content (AvgIpc) is 2.51. The van der Waals surface area contributed by atoms with Gasteiger partial charge in [0, 0.05) is 0 Å². The number of phenolic OH excluding ortho intramolecular Hbond substituents is 1. The monoisotopic (exact) mass is 333 g/mol. The zero-order chi connectivity index (χ0) is 16.8. The van der Waals surface area contributed by atoms with Gasteiger partial charge in [-0.3, -0.25) is 15.6 Å². The minimum Gasteiger partial charge on any atom is -0.507 e. The molecule has 0 radical (unpaired) electrons. The van der Waals surface area contributed by atoms with Crippen LogP contribution in [0.4, 0.5) is 0 Å². The van der Waals surface area contributed by atoms with Gasteiger partial charge in [0.15, 0.2) is 5.11 Å². The molecule has 5 N–H and O–H groups in total. The number of hydrogen-bond donors (Lipinski definition) is 5. The van der Waals surface area contributed by atoms with Crippen LogP contribution in [0.1, 0.15) is 10.4 Å². The number of hydrogen-bond acceptors (Lipinski definition) is 3. The third-order valence-electron chi connectivity index (χ3n) is 3.31. The first-order valence-corrected chi connectivity index (χ1v) is 7.73. The van der Waals surface area contributed by atoms with E-state index in [1.54, 1.807) is 12.1 Å². The predicted octanol–water partition coefficient (Wildman–Crippen LogP) is -0.201. The Hall–Kier alpha value is -2.38. The van der Waals surface area contributed by atoms with Gasteiger partial charge in [0.25, 0.3) is 5.91 Å². The number of phenols is 1. The average molecular weight is 333 g/mol. The highest BCUT2D eigenvalue weighted by atomic mass is 32.1. The zero-order valence-corrected chi connectivity index (χ0v) is 14.0. The van der Waals surface area contributed by atoms with Gasteiger partial charge in [-0.05, 0) is 35.1 Å². The lowest BCUT2D eigenvalue weighted by Crippen LogP contribution is -3.06. The van der Waals surface area contributed by atoms with E-state index in [9.17, 15) is 9.90 Å². The number of benzene rings is 2. The Morgan fingerprint density at radius 3 is 2.48 bits per heavy atom. The minimum atomic E-state index is -0.448. The summed E-state index contributed by atoms with van der Waals surface area (Å²) in [6.07, 6.45) is 0. The van der Waals surface area contributed by atoms with Crippen molar-refractivity contribution in [2.24, 2.45) is 0 Å². The SMILES string of the molecule is C[NH+](C)CCNC(=S)NNC(=O)c1cc2ccccc2cc1O. The summed E-state index contributed by atoms with van der Waals surface area (Å²) in [6.45, 7) is 1.60. The van der Waals surface area contributed by atoms with Crippen LogP contribution in [0.5, 0.6) is 5.75 Å². The Morgan fingerprint density at radius 1 is 1.17 bits per heavy atom. The first-order chi connectivity index (χ1) is 11.0. The van der Waals surface area contributed by atoms with E-state index in [1.165, 1.54) is 4.90 Å². The van der Waals surface area contributed by atoms with Crippen LogP contribution in [-0.2, 0) is 0 Å². The topological polar surface area (TPSA) is 77.8 Å². The maximum atomic E-state index is 12.2. The second kappa shape index (κ2) is 7.75. The lowest BCUT2D eigenvalue weighted by atomic mass is 10.1. The Bertz CT molecular complexity index is 718. The molecule has 1 amide bonds.